The molecule has 1 aliphatic carbocycles. The van der Waals surface area contributed by atoms with E-state index in [4.69, 9.17) is 0 Å². The Morgan fingerprint density at radius 1 is 1.08 bits per heavy atom. The van der Waals surface area contributed by atoms with Crippen molar-refractivity contribution in [1.29, 1.82) is 0 Å². The van der Waals surface area contributed by atoms with Crippen LogP contribution in [0.4, 0.5) is 5.69 Å². The van der Waals surface area contributed by atoms with E-state index >= 15 is 0 Å². The lowest BCUT2D eigenvalue weighted by molar-refractivity contribution is -0.123. The normalized spacial score (nSPS) is 14.0. The first-order valence-electron chi connectivity index (χ1n) is 8.70. The molecule has 136 valence electrons. The highest BCUT2D eigenvalue weighted by atomic mass is 16.2. The molecule has 6 heteroatoms. The molecule has 0 saturated heterocycles. The Bertz CT molecular complexity index is 888. The van der Waals surface area contributed by atoms with Crippen LogP contribution in [-0.4, -0.2) is 22.4 Å². The van der Waals surface area contributed by atoms with Gasteiger partial charge in [0.2, 0.25) is 5.91 Å². The fraction of sp³-hybridized carbons (Fsp3) is 0.350. The standard InChI is InChI=1S/C20H23N3O3/c1-20(2,3)19(26)22-14-8-10-15(11-9-14)23-12-4-5-16(18(23)25)17(24)21-13-6-7-13/h4-5,8-13H,6-7H2,1-3H3,(H,21,24)(H,22,26). The second-order valence-electron chi connectivity index (χ2n) is 7.60. The second-order valence-corrected chi connectivity index (χ2v) is 7.60. The maximum atomic E-state index is 12.6. The summed E-state index contributed by atoms with van der Waals surface area (Å²) in [5.74, 6) is -0.415. The highest BCUT2D eigenvalue weighted by Crippen LogP contribution is 2.20. The molecular formula is C20H23N3O3. The lowest BCUT2D eigenvalue weighted by atomic mass is 9.95. The van der Waals surface area contributed by atoms with E-state index in [9.17, 15) is 14.4 Å². The van der Waals surface area contributed by atoms with Crippen molar-refractivity contribution < 1.29 is 9.59 Å². The molecule has 0 unspecified atom stereocenters. The van der Waals surface area contributed by atoms with E-state index < -0.39 is 5.41 Å². The van der Waals surface area contributed by atoms with Gasteiger partial charge in [0.05, 0.1) is 0 Å². The largest absolute Gasteiger partial charge is 0.349 e. The number of amides is 2. The Hall–Kier alpha value is -2.89. The summed E-state index contributed by atoms with van der Waals surface area (Å²) in [6, 6.07) is 10.4. The van der Waals surface area contributed by atoms with Gasteiger partial charge in [0.15, 0.2) is 0 Å². The van der Waals surface area contributed by atoms with Crippen molar-refractivity contribution in [2.75, 3.05) is 5.32 Å². The van der Waals surface area contributed by atoms with Gasteiger partial charge < -0.3 is 10.6 Å². The maximum Gasteiger partial charge on any atom is 0.267 e. The van der Waals surface area contributed by atoms with Gasteiger partial charge in [-0.25, -0.2) is 0 Å². The molecule has 3 rings (SSSR count). The molecule has 6 nitrogen and oxygen atoms in total. The third-order valence-corrected chi connectivity index (χ3v) is 4.19. The molecule has 1 saturated carbocycles. The highest BCUT2D eigenvalue weighted by Gasteiger charge is 2.25. The summed E-state index contributed by atoms with van der Waals surface area (Å²) in [5, 5.41) is 5.68. The van der Waals surface area contributed by atoms with E-state index in [1.807, 2.05) is 20.8 Å². The van der Waals surface area contributed by atoms with Crippen molar-refractivity contribution in [1.82, 2.24) is 9.88 Å². The first-order chi connectivity index (χ1) is 12.3. The zero-order valence-corrected chi connectivity index (χ0v) is 15.2. The predicted molar refractivity (Wildman–Crippen MR) is 101 cm³/mol. The van der Waals surface area contributed by atoms with Crippen LogP contribution in [0.1, 0.15) is 44.0 Å². The van der Waals surface area contributed by atoms with Crippen LogP contribution >= 0.6 is 0 Å². The van der Waals surface area contributed by atoms with Gasteiger partial charge in [-0.15, -0.1) is 0 Å². The zero-order valence-electron chi connectivity index (χ0n) is 15.2. The Morgan fingerprint density at radius 2 is 1.73 bits per heavy atom. The molecule has 0 spiro atoms. The van der Waals surface area contributed by atoms with Crippen LogP contribution < -0.4 is 16.2 Å². The van der Waals surface area contributed by atoms with Crippen molar-refractivity contribution in [3.05, 3.63) is 58.5 Å². The van der Waals surface area contributed by atoms with Gasteiger partial charge in [0.1, 0.15) is 5.56 Å². The van der Waals surface area contributed by atoms with Crippen molar-refractivity contribution >= 4 is 17.5 Å². The summed E-state index contributed by atoms with van der Waals surface area (Å²) in [6.45, 7) is 5.53. The smallest absolute Gasteiger partial charge is 0.267 e. The molecule has 0 bridgehead atoms. The third kappa shape index (κ3) is 4.02. The lowest BCUT2D eigenvalue weighted by Crippen LogP contribution is -2.33. The molecule has 2 aromatic rings. The Kier molecular flexibility index (Phi) is 4.68. The Labute approximate surface area is 152 Å². The number of carbonyl (C=O) groups excluding carboxylic acids is 2. The van der Waals surface area contributed by atoms with E-state index in [-0.39, 0.29) is 29.0 Å². The Balaban J connectivity index is 1.82. The zero-order chi connectivity index (χ0) is 18.9. The Morgan fingerprint density at radius 3 is 2.31 bits per heavy atom. The number of anilines is 1. The summed E-state index contributed by atoms with van der Waals surface area (Å²) in [7, 11) is 0. The number of nitrogens with one attached hydrogen (secondary N) is 2. The van der Waals surface area contributed by atoms with Crippen LogP contribution in [0.15, 0.2) is 47.4 Å². The molecule has 26 heavy (non-hydrogen) atoms. The number of pyridine rings is 1. The summed E-state index contributed by atoms with van der Waals surface area (Å²) >= 11 is 0. The molecule has 2 amide bonds. The topological polar surface area (TPSA) is 80.2 Å². The summed E-state index contributed by atoms with van der Waals surface area (Å²) in [5.41, 5.74) is 0.564. The van der Waals surface area contributed by atoms with E-state index in [1.165, 1.54) is 10.6 Å². The number of hydrogen-bond acceptors (Lipinski definition) is 3. The SMILES string of the molecule is CC(C)(C)C(=O)Nc1ccc(-n2cccc(C(=O)NC3CC3)c2=O)cc1. The minimum atomic E-state index is -0.487. The summed E-state index contributed by atoms with van der Waals surface area (Å²) < 4.78 is 1.43. The second kappa shape index (κ2) is 6.78. The molecular weight excluding hydrogens is 330 g/mol. The van der Waals surface area contributed by atoms with Crippen LogP contribution in [0.2, 0.25) is 0 Å². The maximum absolute atomic E-state index is 12.6. The number of nitrogens with zero attached hydrogens (tertiary/aromatic N) is 1. The fourth-order valence-electron chi connectivity index (χ4n) is 2.38. The van der Waals surface area contributed by atoms with Gasteiger partial charge in [-0.2, -0.15) is 0 Å². The third-order valence-electron chi connectivity index (χ3n) is 4.19. The first-order valence-corrected chi connectivity index (χ1v) is 8.70. The fourth-order valence-corrected chi connectivity index (χ4v) is 2.38. The molecule has 2 N–H and O–H groups in total. The van der Waals surface area contributed by atoms with Gasteiger partial charge in [-0.05, 0) is 49.2 Å². The van der Waals surface area contributed by atoms with E-state index in [0.29, 0.717) is 11.4 Å². The number of rotatable bonds is 4. The molecule has 1 aliphatic rings. The molecule has 1 heterocycles. The van der Waals surface area contributed by atoms with Crippen molar-refractivity contribution in [3.63, 3.8) is 0 Å². The van der Waals surface area contributed by atoms with Gasteiger partial charge in [-0.1, -0.05) is 20.8 Å². The average molecular weight is 353 g/mol. The van der Waals surface area contributed by atoms with Crippen LogP contribution in [0.5, 0.6) is 0 Å². The lowest BCUT2D eigenvalue weighted by Gasteiger charge is -2.18. The van der Waals surface area contributed by atoms with Crippen LogP contribution in [0.25, 0.3) is 5.69 Å². The van der Waals surface area contributed by atoms with Crippen LogP contribution in [0.3, 0.4) is 0 Å². The van der Waals surface area contributed by atoms with E-state index in [2.05, 4.69) is 10.6 Å². The number of aromatic nitrogens is 1. The molecule has 1 aromatic heterocycles. The summed E-state index contributed by atoms with van der Waals surface area (Å²) in [6.07, 6.45) is 3.56. The van der Waals surface area contributed by atoms with Crippen molar-refractivity contribution in [3.8, 4) is 5.69 Å². The van der Waals surface area contributed by atoms with Gasteiger partial charge in [0, 0.05) is 29.0 Å². The molecule has 0 atom stereocenters. The number of carbonyl (C=O) groups is 2. The van der Waals surface area contributed by atoms with Gasteiger partial charge >= 0.3 is 0 Å². The molecule has 1 fully saturated rings. The van der Waals surface area contributed by atoms with Gasteiger partial charge in [-0.3, -0.25) is 19.0 Å². The number of hydrogen-bond donors (Lipinski definition) is 2. The first kappa shape index (κ1) is 17.9. The van der Waals surface area contributed by atoms with Crippen LogP contribution in [0, 0.1) is 5.41 Å². The van der Waals surface area contributed by atoms with Crippen LogP contribution in [-0.2, 0) is 4.79 Å². The molecule has 0 aliphatic heterocycles. The van der Waals surface area contributed by atoms with Crippen molar-refractivity contribution in [2.45, 2.75) is 39.7 Å². The van der Waals surface area contributed by atoms with Gasteiger partial charge in [0.25, 0.3) is 11.5 Å². The summed E-state index contributed by atoms with van der Waals surface area (Å²) in [4.78, 5) is 36.9. The van der Waals surface area contributed by atoms with E-state index in [0.717, 1.165) is 12.8 Å². The average Bonchev–Trinajstić information content (AvgIpc) is 3.39. The van der Waals surface area contributed by atoms with Crippen molar-refractivity contribution in [2.24, 2.45) is 5.41 Å². The van der Waals surface area contributed by atoms with E-state index in [1.54, 1.807) is 36.5 Å². The predicted octanol–water partition coefficient (Wildman–Crippen LogP) is 2.71. The molecule has 1 aromatic carbocycles. The highest BCUT2D eigenvalue weighted by molar-refractivity contribution is 5.95. The quantitative estimate of drug-likeness (QED) is 0.887. The minimum absolute atomic E-state index is 0.0823. The monoisotopic (exact) mass is 353 g/mol. The number of benzene rings is 1. The minimum Gasteiger partial charge on any atom is -0.349 e. The molecule has 0 radical (unpaired) electrons.